The number of alkyl carbamates (subject to hydrolysis) is 1. The second-order valence-corrected chi connectivity index (χ2v) is 9.64. The zero-order valence-electron chi connectivity index (χ0n) is 20.4. The molecule has 2 atom stereocenters. The first-order valence-electron chi connectivity index (χ1n) is 11.3. The SMILES string of the molecule is C#Cc1ccccc1C(C(=O)NC(C)C)N(C(=O)C(CC(N)=O)NC(=O)OC(C)(C)C)C1CC1. The molecule has 34 heavy (non-hydrogen) atoms. The van der Waals surface area contributed by atoms with Crippen molar-refractivity contribution in [2.45, 2.75) is 83.6 Å². The lowest BCUT2D eigenvalue weighted by Gasteiger charge is -2.35. The van der Waals surface area contributed by atoms with Crippen LogP contribution < -0.4 is 16.4 Å². The largest absolute Gasteiger partial charge is 0.444 e. The number of nitrogens with one attached hydrogen (secondary N) is 2. The summed E-state index contributed by atoms with van der Waals surface area (Å²) in [6, 6.07) is 4.08. The summed E-state index contributed by atoms with van der Waals surface area (Å²) in [6.07, 6.45) is 5.72. The van der Waals surface area contributed by atoms with Crippen molar-refractivity contribution in [2.24, 2.45) is 5.73 Å². The van der Waals surface area contributed by atoms with E-state index in [2.05, 4.69) is 16.6 Å². The summed E-state index contributed by atoms with van der Waals surface area (Å²) in [6.45, 7) is 8.65. The Morgan fingerprint density at radius 3 is 2.29 bits per heavy atom. The molecule has 0 aliphatic heterocycles. The number of hydrogen-bond acceptors (Lipinski definition) is 5. The second kappa shape index (κ2) is 11.1. The summed E-state index contributed by atoms with van der Waals surface area (Å²) in [7, 11) is 0. The minimum atomic E-state index is -1.31. The second-order valence-electron chi connectivity index (χ2n) is 9.64. The lowest BCUT2D eigenvalue weighted by molar-refractivity contribution is -0.144. The molecule has 1 aromatic carbocycles. The molecule has 2 rings (SSSR count). The van der Waals surface area contributed by atoms with Gasteiger partial charge in [-0.25, -0.2) is 4.79 Å². The third-order valence-corrected chi connectivity index (χ3v) is 4.96. The molecule has 4 N–H and O–H groups in total. The van der Waals surface area contributed by atoms with Crippen LogP contribution in [0, 0.1) is 12.3 Å². The van der Waals surface area contributed by atoms with Crippen LogP contribution in [0.15, 0.2) is 24.3 Å². The Morgan fingerprint density at radius 2 is 1.79 bits per heavy atom. The lowest BCUT2D eigenvalue weighted by atomic mass is 9.97. The molecule has 184 valence electrons. The molecule has 1 aliphatic rings. The van der Waals surface area contributed by atoms with Gasteiger partial charge in [0, 0.05) is 17.6 Å². The standard InChI is InChI=1S/C25H34N4O5/c1-7-16-10-8-9-11-18(16)21(22(31)27-15(2)3)29(17-12-13-17)23(32)19(14-20(26)30)28-24(33)34-25(4,5)6/h1,8-11,15,17,19,21H,12-14H2,2-6H3,(H2,26,30)(H,27,31)(H,28,33). The first-order chi connectivity index (χ1) is 15.8. The van der Waals surface area contributed by atoms with Crippen molar-refractivity contribution in [3.8, 4) is 12.3 Å². The van der Waals surface area contributed by atoms with E-state index in [-0.39, 0.29) is 12.1 Å². The van der Waals surface area contributed by atoms with Gasteiger partial charge in [-0.3, -0.25) is 14.4 Å². The van der Waals surface area contributed by atoms with Crippen LogP contribution in [-0.2, 0) is 19.1 Å². The van der Waals surface area contributed by atoms with Gasteiger partial charge in [0.2, 0.25) is 17.7 Å². The quantitative estimate of drug-likeness (QED) is 0.475. The fraction of sp³-hybridized carbons (Fsp3) is 0.520. The summed E-state index contributed by atoms with van der Waals surface area (Å²) in [5, 5.41) is 5.31. The number of primary amides is 1. The van der Waals surface area contributed by atoms with E-state index >= 15 is 0 Å². The molecule has 4 amide bonds. The highest BCUT2D eigenvalue weighted by Gasteiger charge is 2.45. The number of carbonyl (C=O) groups excluding carboxylic acids is 4. The van der Waals surface area contributed by atoms with Gasteiger partial charge in [0.15, 0.2) is 0 Å². The molecule has 0 radical (unpaired) electrons. The fourth-order valence-corrected chi connectivity index (χ4v) is 3.55. The topological polar surface area (TPSA) is 131 Å². The zero-order valence-corrected chi connectivity index (χ0v) is 20.4. The Kier molecular flexibility index (Phi) is 8.68. The van der Waals surface area contributed by atoms with Crippen molar-refractivity contribution in [1.82, 2.24) is 15.5 Å². The highest BCUT2D eigenvalue weighted by molar-refractivity contribution is 5.95. The Labute approximate surface area is 200 Å². The van der Waals surface area contributed by atoms with Gasteiger partial charge in [-0.2, -0.15) is 0 Å². The molecule has 2 unspecified atom stereocenters. The third kappa shape index (κ3) is 7.51. The summed E-state index contributed by atoms with van der Waals surface area (Å²) in [4.78, 5) is 52.8. The van der Waals surface area contributed by atoms with Crippen LogP contribution in [0.2, 0.25) is 0 Å². The highest BCUT2D eigenvalue weighted by atomic mass is 16.6. The van der Waals surface area contributed by atoms with Gasteiger partial charge in [-0.05, 0) is 59.1 Å². The summed E-state index contributed by atoms with van der Waals surface area (Å²) < 4.78 is 5.26. The molecule has 1 saturated carbocycles. The molecule has 1 fully saturated rings. The van der Waals surface area contributed by atoms with Gasteiger partial charge in [0.05, 0.1) is 6.42 Å². The molecule has 0 saturated heterocycles. The normalized spacial score (nSPS) is 15.0. The van der Waals surface area contributed by atoms with Crippen molar-refractivity contribution in [1.29, 1.82) is 0 Å². The minimum absolute atomic E-state index is 0.189. The van der Waals surface area contributed by atoms with Crippen LogP contribution in [0.5, 0.6) is 0 Å². The third-order valence-electron chi connectivity index (χ3n) is 4.96. The Morgan fingerprint density at radius 1 is 1.18 bits per heavy atom. The van der Waals surface area contributed by atoms with E-state index in [0.717, 1.165) is 0 Å². The molecule has 0 heterocycles. The van der Waals surface area contributed by atoms with E-state index in [4.69, 9.17) is 16.9 Å². The maximum absolute atomic E-state index is 13.8. The predicted octanol–water partition coefficient (Wildman–Crippen LogP) is 1.99. The molecular formula is C25H34N4O5. The van der Waals surface area contributed by atoms with Gasteiger partial charge in [0.25, 0.3) is 0 Å². The Balaban J connectivity index is 2.50. The predicted molar refractivity (Wildman–Crippen MR) is 127 cm³/mol. The number of carbonyl (C=O) groups is 4. The molecule has 9 nitrogen and oxygen atoms in total. The number of rotatable bonds is 9. The number of terminal acetylenes is 1. The number of nitrogens with zero attached hydrogens (tertiary/aromatic N) is 1. The Bertz CT molecular complexity index is 972. The van der Waals surface area contributed by atoms with Crippen LogP contribution >= 0.6 is 0 Å². The minimum Gasteiger partial charge on any atom is -0.444 e. The number of benzene rings is 1. The average Bonchev–Trinajstić information content (AvgIpc) is 3.53. The van der Waals surface area contributed by atoms with E-state index in [9.17, 15) is 19.2 Å². The number of hydrogen-bond donors (Lipinski definition) is 3. The monoisotopic (exact) mass is 470 g/mol. The van der Waals surface area contributed by atoms with Crippen molar-refractivity contribution < 1.29 is 23.9 Å². The fourth-order valence-electron chi connectivity index (χ4n) is 3.55. The molecule has 1 aliphatic carbocycles. The van der Waals surface area contributed by atoms with E-state index in [1.807, 2.05) is 13.8 Å². The Hall–Kier alpha value is -3.54. The number of nitrogens with two attached hydrogens (primary N) is 1. The molecular weight excluding hydrogens is 436 g/mol. The molecule has 0 bridgehead atoms. The lowest BCUT2D eigenvalue weighted by Crippen LogP contribution is -2.55. The van der Waals surface area contributed by atoms with Gasteiger partial charge in [-0.15, -0.1) is 6.42 Å². The molecule has 1 aromatic rings. The van der Waals surface area contributed by atoms with Crippen LogP contribution in [0.4, 0.5) is 4.79 Å². The van der Waals surface area contributed by atoms with Gasteiger partial charge >= 0.3 is 6.09 Å². The number of amides is 4. The van der Waals surface area contributed by atoms with E-state index in [0.29, 0.717) is 24.0 Å². The van der Waals surface area contributed by atoms with E-state index in [1.165, 1.54) is 4.90 Å². The first kappa shape index (κ1) is 26.7. The van der Waals surface area contributed by atoms with Crippen LogP contribution in [0.1, 0.15) is 71.0 Å². The van der Waals surface area contributed by atoms with Crippen LogP contribution in [-0.4, -0.2) is 52.4 Å². The maximum Gasteiger partial charge on any atom is 0.408 e. The van der Waals surface area contributed by atoms with Crippen molar-refractivity contribution in [2.75, 3.05) is 0 Å². The molecule has 0 spiro atoms. The van der Waals surface area contributed by atoms with E-state index in [1.54, 1.807) is 45.0 Å². The number of ether oxygens (including phenoxy) is 1. The average molecular weight is 471 g/mol. The van der Waals surface area contributed by atoms with Gasteiger partial charge in [0.1, 0.15) is 17.7 Å². The van der Waals surface area contributed by atoms with Crippen molar-refractivity contribution in [3.05, 3.63) is 35.4 Å². The molecule has 0 aromatic heterocycles. The van der Waals surface area contributed by atoms with E-state index < -0.39 is 47.9 Å². The zero-order chi connectivity index (χ0) is 25.6. The van der Waals surface area contributed by atoms with Gasteiger partial charge in [-0.1, -0.05) is 24.1 Å². The van der Waals surface area contributed by atoms with Gasteiger partial charge < -0.3 is 26.0 Å². The first-order valence-corrected chi connectivity index (χ1v) is 11.3. The summed E-state index contributed by atoms with van der Waals surface area (Å²) >= 11 is 0. The van der Waals surface area contributed by atoms with Crippen LogP contribution in [0.25, 0.3) is 0 Å². The summed E-state index contributed by atoms with van der Waals surface area (Å²) in [5.41, 5.74) is 5.52. The van der Waals surface area contributed by atoms with Crippen molar-refractivity contribution in [3.63, 3.8) is 0 Å². The molecule has 9 heteroatoms. The smallest absolute Gasteiger partial charge is 0.408 e. The maximum atomic E-state index is 13.8. The van der Waals surface area contributed by atoms with Crippen LogP contribution in [0.3, 0.4) is 0 Å². The summed E-state index contributed by atoms with van der Waals surface area (Å²) in [5.74, 6) is 0.777. The highest BCUT2D eigenvalue weighted by Crippen LogP contribution is 2.36. The van der Waals surface area contributed by atoms with Crippen molar-refractivity contribution >= 4 is 23.8 Å².